The van der Waals surface area contributed by atoms with Crippen LogP contribution in [-0.2, 0) is 15.5 Å². The highest BCUT2D eigenvalue weighted by Gasteiger charge is 2.33. The van der Waals surface area contributed by atoms with Crippen molar-refractivity contribution in [1.82, 2.24) is 9.88 Å². The van der Waals surface area contributed by atoms with Gasteiger partial charge in [-0.3, -0.25) is 9.19 Å². The molecule has 1 aliphatic rings. The number of pyridine rings is 1. The Labute approximate surface area is 121 Å². The van der Waals surface area contributed by atoms with E-state index in [4.69, 9.17) is 4.74 Å². The normalized spacial score (nSPS) is 20.8. The molecule has 6 heteroatoms. The van der Waals surface area contributed by atoms with Crippen LogP contribution >= 0.6 is 0 Å². The van der Waals surface area contributed by atoms with Gasteiger partial charge in [-0.25, -0.2) is 4.79 Å². The third kappa shape index (κ3) is 3.79. The van der Waals surface area contributed by atoms with Crippen LogP contribution in [0.1, 0.15) is 27.2 Å². The molecule has 1 saturated heterocycles. The number of hydrogen-bond donors (Lipinski definition) is 0. The summed E-state index contributed by atoms with van der Waals surface area (Å²) in [5.41, 5.74) is -0.501. The number of aromatic nitrogens is 1. The fourth-order valence-electron chi connectivity index (χ4n) is 2.06. The van der Waals surface area contributed by atoms with E-state index in [9.17, 15) is 9.00 Å². The zero-order valence-electron chi connectivity index (χ0n) is 12.0. The van der Waals surface area contributed by atoms with Crippen LogP contribution in [0.2, 0.25) is 0 Å². The summed E-state index contributed by atoms with van der Waals surface area (Å²) in [7, 11) is -1.11. The molecule has 0 bridgehead atoms. The first kappa shape index (κ1) is 15.0. The van der Waals surface area contributed by atoms with E-state index in [1.54, 1.807) is 29.4 Å². The van der Waals surface area contributed by atoms with Crippen LogP contribution in [-0.4, -0.2) is 44.1 Å². The van der Waals surface area contributed by atoms with Crippen LogP contribution in [0.4, 0.5) is 4.79 Å². The summed E-state index contributed by atoms with van der Waals surface area (Å²) in [5, 5.41) is -0.0371. The number of carbonyl (C=O) groups is 1. The van der Waals surface area contributed by atoms with Crippen molar-refractivity contribution in [3.63, 3.8) is 0 Å². The number of hydrogen-bond acceptors (Lipinski definition) is 4. The summed E-state index contributed by atoms with van der Waals surface area (Å²) in [5.74, 6) is 0. The van der Waals surface area contributed by atoms with Crippen LogP contribution in [0.5, 0.6) is 0 Å². The van der Waals surface area contributed by atoms with Crippen molar-refractivity contribution in [2.24, 2.45) is 0 Å². The molecule has 1 aliphatic heterocycles. The van der Waals surface area contributed by atoms with E-state index in [-0.39, 0.29) is 11.3 Å². The SMILES string of the molecule is CC(C)(C)OC(=O)N1CCC(S(=O)c2ccncc2)C1. The molecule has 1 fully saturated rings. The molecular weight excluding hydrogens is 276 g/mol. The quantitative estimate of drug-likeness (QED) is 0.839. The van der Waals surface area contributed by atoms with Crippen molar-refractivity contribution in [2.75, 3.05) is 13.1 Å². The molecule has 1 aromatic rings. The topological polar surface area (TPSA) is 59.5 Å². The summed E-state index contributed by atoms with van der Waals surface area (Å²) in [6.45, 7) is 6.59. The summed E-state index contributed by atoms with van der Waals surface area (Å²) in [6.07, 6.45) is 3.67. The number of ether oxygens (including phenoxy) is 1. The molecule has 0 aliphatic carbocycles. The number of carbonyl (C=O) groups excluding carboxylic acids is 1. The van der Waals surface area contributed by atoms with Crippen molar-refractivity contribution in [1.29, 1.82) is 0 Å². The van der Waals surface area contributed by atoms with E-state index in [0.717, 1.165) is 11.3 Å². The Morgan fingerprint density at radius 3 is 2.65 bits per heavy atom. The number of rotatable bonds is 2. The van der Waals surface area contributed by atoms with E-state index < -0.39 is 16.4 Å². The third-order valence-corrected chi connectivity index (χ3v) is 4.71. The van der Waals surface area contributed by atoms with Gasteiger partial charge in [0, 0.05) is 30.4 Å². The summed E-state index contributed by atoms with van der Waals surface area (Å²) in [4.78, 5) is 18.3. The highest BCUT2D eigenvalue weighted by molar-refractivity contribution is 7.85. The first-order valence-electron chi connectivity index (χ1n) is 6.65. The highest BCUT2D eigenvalue weighted by atomic mass is 32.2. The Morgan fingerprint density at radius 1 is 1.40 bits per heavy atom. The van der Waals surface area contributed by atoms with E-state index in [0.29, 0.717) is 13.1 Å². The van der Waals surface area contributed by atoms with Crippen LogP contribution < -0.4 is 0 Å². The molecule has 2 rings (SSSR count). The molecule has 1 aromatic heterocycles. The second kappa shape index (κ2) is 5.91. The monoisotopic (exact) mass is 296 g/mol. The third-order valence-electron chi connectivity index (χ3n) is 2.98. The molecule has 20 heavy (non-hydrogen) atoms. The van der Waals surface area contributed by atoms with E-state index in [2.05, 4.69) is 4.98 Å². The summed E-state index contributed by atoms with van der Waals surface area (Å²) >= 11 is 0. The van der Waals surface area contributed by atoms with Crippen LogP contribution in [0.3, 0.4) is 0 Å². The molecule has 1 amide bonds. The maximum Gasteiger partial charge on any atom is 0.410 e. The minimum atomic E-state index is -1.11. The first-order chi connectivity index (χ1) is 9.37. The molecular formula is C14H20N2O3S. The first-order valence-corrected chi connectivity index (χ1v) is 7.86. The lowest BCUT2D eigenvalue weighted by Crippen LogP contribution is -2.36. The Hall–Kier alpha value is -1.43. The lowest BCUT2D eigenvalue weighted by Gasteiger charge is -2.24. The van der Waals surface area contributed by atoms with E-state index >= 15 is 0 Å². The maximum absolute atomic E-state index is 12.4. The van der Waals surface area contributed by atoms with Gasteiger partial charge in [0.25, 0.3) is 0 Å². The molecule has 5 nitrogen and oxygen atoms in total. The van der Waals surface area contributed by atoms with Crippen molar-refractivity contribution in [3.05, 3.63) is 24.5 Å². The standard InChI is InChI=1S/C14H20N2O3S/c1-14(2,3)19-13(17)16-9-6-12(10-16)20(18)11-4-7-15-8-5-11/h4-5,7-8,12H,6,9-10H2,1-3H3. The molecule has 2 unspecified atom stereocenters. The summed E-state index contributed by atoms with van der Waals surface area (Å²) in [6, 6.07) is 3.51. The average molecular weight is 296 g/mol. The van der Waals surface area contributed by atoms with Crippen molar-refractivity contribution >= 4 is 16.9 Å². The van der Waals surface area contributed by atoms with Gasteiger partial charge in [0.2, 0.25) is 0 Å². The van der Waals surface area contributed by atoms with Gasteiger partial charge in [0.1, 0.15) is 5.60 Å². The van der Waals surface area contributed by atoms with E-state index in [1.807, 2.05) is 20.8 Å². The largest absolute Gasteiger partial charge is 0.444 e. The molecule has 0 N–H and O–H groups in total. The molecule has 2 heterocycles. The van der Waals surface area contributed by atoms with Gasteiger partial charge in [-0.15, -0.1) is 0 Å². The second-order valence-corrected chi connectivity index (χ2v) is 7.55. The number of likely N-dealkylation sites (tertiary alicyclic amines) is 1. The fourth-order valence-corrected chi connectivity index (χ4v) is 3.47. The average Bonchev–Trinajstić information content (AvgIpc) is 2.86. The maximum atomic E-state index is 12.4. The molecule has 0 aromatic carbocycles. The zero-order valence-corrected chi connectivity index (χ0v) is 12.9. The predicted octanol–water partition coefficient (Wildman–Crippen LogP) is 2.20. The molecule has 0 radical (unpaired) electrons. The van der Waals surface area contributed by atoms with Gasteiger partial charge in [0.05, 0.1) is 16.0 Å². The van der Waals surface area contributed by atoms with Gasteiger partial charge >= 0.3 is 6.09 Å². The van der Waals surface area contributed by atoms with E-state index in [1.165, 1.54) is 0 Å². The van der Waals surface area contributed by atoms with Gasteiger partial charge in [-0.2, -0.15) is 0 Å². The fraction of sp³-hybridized carbons (Fsp3) is 0.571. The Morgan fingerprint density at radius 2 is 2.05 bits per heavy atom. The minimum Gasteiger partial charge on any atom is -0.444 e. The zero-order chi connectivity index (χ0) is 14.8. The van der Waals surface area contributed by atoms with Gasteiger partial charge < -0.3 is 9.64 Å². The molecule has 0 spiro atoms. The van der Waals surface area contributed by atoms with Gasteiger partial charge in [-0.05, 0) is 39.3 Å². The van der Waals surface area contributed by atoms with Crippen molar-refractivity contribution in [2.45, 2.75) is 42.9 Å². The van der Waals surface area contributed by atoms with Crippen LogP contribution in [0, 0.1) is 0 Å². The predicted molar refractivity (Wildman–Crippen MR) is 76.9 cm³/mol. The number of nitrogens with zero attached hydrogens (tertiary/aromatic N) is 2. The lowest BCUT2D eigenvalue weighted by molar-refractivity contribution is 0.0295. The molecule has 110 valence electrons. The highest BCUT2D eigenvalue weighted by Crippen LogP contribution is 2.21. The summed E-state index contributed by atoms with van der Waals surface area (Å²) < 4.78 is 17.7. The second-order valence-electron chi connectivity index (χ2n) is 5.82. The van der Waals surface area contributed by atoms with Gasteiger partial charge in [-0.1, -0.05) is 0 Å². The molecule has 2 atom stereocenters. The Balaban J connectivity index is 1.96. The van der Waals surface area contributed by atoms with Crippen molar-refractivity contribution in [3.8, 4) is 0 Å². The number of amides is 1. The minimum absolute atomic E-state index is 0.0371. The Bertz CT molecular complexity index is 499. The van der Waals surface area contributed by atoms with Crippen LogP contribution in [0.25, 0.3) is 0 Å². The smallest absolute Gasteiger partial charge is 0.410 e. The van der Waals surface area contributed by atoms with Gasteiger partial charge in [0.15, 0.2) is 0 Å². The van der Waals surface area contributed by atoms with Crippen molar-refractivity contribution < 1.29 is 13.7 Å². The lowest BCUT2D eigenvalue weighted by atomic mass is 10.2. The molecule has 0 saturated carbocycles. The van der Waals surface area contributed by atoms with Crippen LogP contribution in [0.15, 0.2) is 29.4 Å². The Kier molecular flexibility index (Phi) is 4.42.